The minimum absolute atomic E-state index is 0.0503. The molecular weight excluding hydrogens is 740 g/mol. The summed E-state index contributed by atoms with van der Waals surface area (Å²) >= 11 is 6.31. The van der Waals surface area contributed by atoms with Crippen molar-refractivity contribution >= 4 is 44.9 Å². The highest BCUT2D eigenvalue weighted by Gasteiger charge is 2.45. The van der Waals surface area contributed by atoms with Gasteiger partial charge in [-0.1, -0.05) is 11.6 Å². The SMILES string of the molecule is N[C@@H]1CC(=O)N(c2ccc(S(=O)(=O)N3CCN(c4cc(C(F)(F)C5CCC(C(=O)N[C@H]6CCC(N7C[C@H](N)C[C@H](N)C7)C6)CC5)cc(Cl)n4)CC3)cc2)C1. The number of hydrogen-bond donors (Lipinski definition) is 4. The molecule has 5 fully saturated rings. The number of halogens is 3. The van der Waals surface area contributed by atoms with Crippen LogP contribution >= 0.6 is 11.6 Å². The summed E-state index contributed by atoms with van der Waals surface area (Å²) in [5.74, 6) is -4.34. The van der Waals surface area contributed by atoms with Gasteiger partial charge in [-0.25, -0.2) is 22.2 Å². The Morgan fingerprint density at radius 1 is 0.870 bits per heavy atom. The average Bonchev–Trinajstić information content (AvgIpc) is 3.76. The van der Waals surface area contributed by atoms with Gasteiger partial charge in [0.25, 0.3) is 5.92 Å². The van der Waals surface area contributed by atoms with Gasteiger partial charge in [0.05, 0.1) is 4.90 Å². The Morgan fingerprint density at radius 3 is 2.17 bits per heavy atom. The molecule has 2 saturated carbocycles. The molecule has 2 aromatic rings. The summed E-state index contributed by atoms with van der Waals surface area (Å²) in [5, 5.41) is 3.15. The number of carbonyl (C=O) groups excluding carboxylic acids is 2. The number of aromatic nitrogens is 1. The molecule has 0 radical (unpaired) electrons. The van der Waals surface area contributed by atoms with Crippen LogP contribution in [0.15, 0.2) is 41.3 Å². The van der Waals surface area contributed by atoms with E-state index in [9.17, 15) is 18.0 Å². The first-order valence-corrected chi connectivity index (χ1v) is 21.0. The van der Waals surface area contributed by atoms with Gasteiger partial charge in [-0.05, 0) is 87.8 Å². The molecule has 5 aliphatic rings. The van der Waals surface area contributed by atoms with Crippen LogP contribution in [0.1, 0.15) is 63.4 Å². The van der Waals surface area contributed by atoms with E-state index >= 15 is 8.78 Å². The van der Waals surface area contributed by atoms with Gasteiger partial charge < -0.3 is 32.3 Å². The lowest BCUT2D eigenvalue weighted by Gasteiger charge is -2.38. The summed E-state index contributed by atoms with van der Waals surface area (Å²) in [4.78, 5) is 35.6. The molecule has 296 valence electrons. The second-order valence-corrected chi connectivity index (χ2v) is 18.3. The van der Waals surface area contributed by atoms with Gasteiger partial charge in [-0.2, -0.15) is 4.31 Å². The fourth-order valence-corrected chi connectivity index (χ4v) is 10.8. The van der Waals surface area contributed by atoms with Gasteiger partial charge in [-0.15, -0.1) is 0 Å². The van der Waals surface area contributed by atoms with Gasteiger partial charge in [0.1, 0.15) is 11.0 Å². The summed E-state index contributed by atoms with van der Waals surface area (Å²) in [6.45, 7) is 2.73. The predicted octanol–water partition coefficient (Wildman–Crippen LogP) is 2.61. The minimum atomic E-state index is -3.84. The van der Waals surface area contributed by atoms with Gasteiger partial charge in [0.2, 0.25) is 21.8 Å². The van der Waals surface area contributed by atoms with Crippen LogP contribution in [-0.4, -0.2) is 110 Å². The summed E-state index contributed by atoms with van der Waals surface area (Å²) in [7, 11) is -3.84. The van der Waals surface area contributed by atoms with Crippen molar-refractivity contribution in [3.05, 3.63) is 47.1 Å². The third-order valence-corrected chi connectivity index (χ3v) is 14.2. The number of benzene rings is 1. The van der Waals surface area contributed by atoms with Crippen molar-refractivity contribution in [2.24, 2.45) is 29.0 Å². The minimum Gasteiger partial charge on any atom is -0.354 e. The Labute approximate surface area is 320 Å². The number of hydrogen-bond acceptors (Lipinski definition) is 10. The monoisotopic (exact) mass is 791 g/mol. The van der Waals surface area contributed by atoms with E-state index in [2.05, 4.69) is 15.2 Å². The molecule has 2 amide bonds. The zero-order valence-corrected chi connectivity index (χ0v) is 32.0. The Kier molecular flexibility index (Phi) is 11.5. The zero-order valence-electron chi connectivity index (χ0n) is 30.5. The fraction of sp³-hybridized carbons (Fsp3) is 0.649. The average molecular weight is 792 g/mol. The van der Waals surface area contributed by atoms with E-state index in [1.807, 2.05) is 0 Å². The smallest absolute Gasteiger partial charge is 0.276 e. The van der Waals surface area contributed by atoms with Gasteiger partial charge in [0, 0.05) is 106 Å². The van der Waals surface area contributed by atoms with Crippen LogP contribution in [0.2, 0.25) is 5.15 Å². The largest absolute Gasteiger partial charge is 0.354 e. The third kappa shape index (κ3) is 8.39. The van der Waals surface area contributed by atoms with Crippen molar-refractivity contribution in [1.29, 1.82) is 0 Å². The number of likely N-dealkylation sites (tertiary alicyclic amines) is 1. The van der Waals surface area contributed by atoms with E-state index in [0.717, 1.165) is 38.8 Å². The molecule has 3 aliphatic heterocycles. The molecule has 1 aromatic carbocycles. The van der Waals surface area contributed by atoms with Crippen LogP contribution in [0.3, 0.4) is 0 Å². The number of nitrogens with one attached hydrogen (secondary N) is 1. The Morgan fingerprint density at radius 2 is 1.54 bits per heavy atom. The maximum Gasteiger partial charge on any atom is 0.276 e. The van der Waals surface area contributed by atoms with Crippen molar-refractivity contribution in [3.63, 3.8) is 0 Å². The number of alkyl halides is 2. The Balaban J connectivity index is 0.913. The normalized spacial score (nSPS) is 30.6. The van der Waals surface area contributed by atoms with Crippen molar-refractivity contribution in [2.75, 3.05) is 55.6 Å². The molecule has 1 aromatic heterocycles. The van der Waals surface area contributed by atoms with Crippen LogP contribution in [0.4, 0.5) is 20.3 Å². The molecule has 3 saturated heterocycles. The van der Waals surface area contributed by atoms with Crippen LogP contribution in [0, 0.1) is 11.8 Å². The number of pyridine rings is 1. The highest BCUT2D eigenvalue weighted by atomic mass is 35.5. The van der Waals surface area contributed by atoms with E-state index < -0.39 is 21.9 Å². The summed E-state index contributed by atoms with van der Waals surface area (Å²) in [6.07, 6.45) is 4.96. The molecular formula is C37H52ClF2N9O4S. The molecule has 5 atom stereocenters. The molecule has 0 spiro atoms. The third-order valence-electron chi connectivity index (χ3n) is 12.1. The van der Waals surface area contributed by atoms with Gasteiger partial charge >= 0.3 is 0 Å². The second kappa shape index (κ2) is 15.9. The maximum absolute atomic E-state index is 16.1. The van der Waals surface area contributed by atoms with Gasteiger partial charge in [0.15, 0.2) is 0 Å². The Hall–Kier alpha value is -2.99. The first kappa shape index (κ1) is 39.3. The van der Waals surface area contributed by atoms with Gasteiger partial charge in [-0.3, -0.25) is 14.5 Å². The number of rotatable bonds is 9. The Bertz CT molecular complexity index is 1780. The van der Waals surface area contributed by atoms with Crippen molar-refractivity contribution in [3.8, 4) is 0 Å². The number of sulfonamides is 1. The number of amides is 2. The molecule has 0 bridgehead atoms. The standard InChI is InChI=1S/C37H52ClF2N9O4S/c38-33-15-25(37(39,40)24-3-1-23(2-4-24)36(51)44-29-5-6-31(19-29)47-20-26(41)17-27(42)21-47)16-34(45-33)46-11-13-48(14-12-46)54(52,53)32-9-7-30(8-10-32)49-22-28(43)18-35(49)50/h7-10,15-16,23-24,26-29,31H,1-6,11-14,17-22,41-43H2,(H,44,51)/t23?,24?,26-,27+,28-,29+,31?/m1/s1. The first-order chi connectivity index (χ1) is 25.7. The van der Waals surface area contributed by atoms with E-state index in [4.69, 9.17) is 28.8 Å². The van der Waals surface area contributed by atoms with E-state index in [-0.39, 0.29) is 109 Å². The number of carbonyl (C=O) groups is 2. The number of piperazine rings is 1. The summed E-state index contributed by atoms with van der Waals surface area (Å²) < 4.78 is 60.6. The molecule has 2 aliphatic carbocycles. The van der Waals surface area contributed by atoms with E-state index in [0.29, 0.717) is 31.1 Å². The molecule has 17 heteroatoms. The number of anilines is 2. The summed E-state index contributed by atoms with van der Waals surface area (Å²) in [5.41, 5.74) is 18.6. The van der Waals surface area contributed by atoms with Crippen molar-refractivity contribution < 1.29 is 26.8 Å². The fourth-order valence-electron chi connectivity index (χ4n) is 9.13. The van der Waals surface area contributed by atoms with E-state index in [1.54, 1.807) is 21.9 Å². The molecule has 4 heterocycles. The van der Waals surface area contributed by atoms with Crippen LogP contribution in [0.5, 0.6) is 0 Å². The highest BCUT2D eigenvalue weighted by molar-refractivity contribution is 7.89. The number of piperidine rings is 1. The maximum atomic E-state index is 16.1. The van der Waals surface area contributed by atoms with Crippen molar-refractivity contribution in [1.82, 2.24) is 19.5 Å². The molecule has 7 N–H and O–H groups in total. The summed E-state index contributed by atoms with van der Waals surface area (Å²) in [6, 6.07) is 9.03. The zero-order chi connectivity index (χ0) is 38.4. The van der Waals surface area contributed by atoms with Crippen molar-refractivity contribution in [2.45, 2.75) is 98.8 Å². The first-order valence-electron chi connectivity index (χ1n) is 19.2. The molecule has 7 rings (SSSR count). The molecule has 54 heavy (non-hydrogen) atoms. The lowest BCUT2D eigenvalue weighted by molar-refractivity contribution is -0.129. The van der Waals surface area contributed by atoms with E-state index in [1.165, 1.54) is 28.6 Å². The molecule has 13 nitrogen and oxygen atoms in total. The highest BCUT2D eigenvalue weighted by Crippen LogP contribution is 2.46. The van der Waals surface area contributed by atoms with Crippen LogP contribution in [-0.2, 0) is 25.5 Å². The predicted molar refractivity (Wildman–Crippen MR) is 203 cm³/mol. The quantitative estimate of drug-likeness (QED) is 0.276. The number of nitrogens with zero attached hydrogens (tertiary/aromatic N) is 5. The van der Waals surface area contributed by atoms with Crippen LogP contribution in [0.25, 0.3) is 0 Å². The lowest BCUT2D eigenvalue weighted by Crippen LogP contribution is -2.55. The second-order valence-electron chi connectivity index (χ2n) is 15.9. The lowest BCUT2D eigenvalue weighted by atomic mass is 9.77. The molecule has 1 unspecified atom stereocenters. The number of nitrogens with two attached hydrogens (primary N) is 3. The van der Waals surface area contributed by atoms with Crippen LogP contribution < -0.4 is 32.3 Å². The topological polar surface area (TPSA) is 184 Å².